The number of pyridine rings is 1. The van der Waals surface area contributed by atoms with Crippen LogP contribution < -0.4 is 25.0 Å². The van der Waals surface area contributed by atoms with E-state index in [1.54, 1.807) is 16.9 Å². The van der Waals surface area contributed by atoms with Crippen molar-refractivity contribution in [2.24, 2.45) is 18.9 Å². The number of rotatable bonds is 11. The highest BCUT2D eigenvalue weighted by molar-refractivity contribution is 6.03. The topological polar surface area (TPSA) is 155 Å². The Morgan fingerprint density at radius 3 is 2.51 bits per heavy atom. The molecule has 3 amide bonds. The van der Waals surface area contributed by atoms with E-state index in [0.717, 1.165) is 105 Å². The summed E-state index contributed by atoms with van der Waals surface area (Å²) in [6.45, 7) is 7.13. The Balaban J connectivity index is 0.714. The zero-order valence-corrected chi connectivity index (χ0v) is 35.0. The summed E-state index contributed by atoms with van der Waals surface area (Å²) in [7, 11) is 1.88. The number of nitriles is 1. The number of aromatic nitrogens is 3. The van der Waals surface area contributed by atoms with Gasteiger partial charge < -0.3 is 24.6 Å². The highest BCUT2D eigenvalue weighted by atomic mass is 16.5. The first-order valence-corrected chi connectivity index (χ1v) is 22.0. The summed E-state index contributed by atoms with van der Waals surface area (Å²) in [5.41, 5.74) is 4.63. The number of para-hydroxylation sites is 1. The van der Waals surface area contributed by atoms with Crippen molar-refractivity contribution in [2.75, 3.05) is 37.7 Å². The molecule has 3 aromatic carbocycles. The van der Waals surface area contributed by atoms with E-state index in [-0.39, 0.29) is 29.9 Å². The number of carbonyl (C=O) groups excluding carboxylic acids is 3. The lowest BCUT2D eigenvalue weighted by molar-refractivity contribution is -0.134. The Bertz CT molecular complexity index is 2470. The molecule has 1 aliphatic carbocycles. The van der Waals surface area contributed by atoms with Gasteiger partial charge in [-0.15, -0.1) is 0 Å². The largest absolute Gasteiger partial charge is 0.491 e. The maximum absolute atomic E-state index is 13.3. The van der Waals surface area contributed by atoms with Gasteiger partial charge in [-0.1, -0.05) is 12.1 Å². The average Bonchev–Trinajstić information content (AvgIpc) is 3.87. The minimum atomic E-state index is -0.443. The van der Waals surface area contributed by atoms with Crippen molar-refractivity contribution in [3.63, 3.8) is 0 Å². The lowest BCUT2D eigenvalue weighted by Crippen LogP contribution is -2.43. The number of ether oxygens (including phenoxy) is 2. The van der Waals surface area contributed by atoms with E-state index in [0.29, 0.717) is 59.7 Å². The molecule has 5 aromatic rings. The zero-order valence-electron chi connectivity index (χ0n) is 35.0. The van der Waals surface area contributed by atoms with Gasteiger partial charge in [0.1, 0.15) is 23.1 Å². The molecular formula is C48H54N8O5. The van der Waals surface area contributed by atoms with Gasteiger partial charge in [0.2, 0.25) is 11.8 Å². The number of carbonyl (C=O) groups is 3. The third kappa shape index (κ3) is 8.64. The number of imide groups is 1. The monoisotopic (exact) mass is 822 g/mol. The number of hydrogen-bond donors (Lipinski definition) is 2. The van der Waals surface area contributed by atoms with Gasteiger partial charge in [-0.3, -0.25) is 29.4 Å². The van der Waals surface area contributed by atoms with Gasteiger partial charge in [-0.2, -0.15) is 10.4 Å². The second-order valence-corrected chi connectivity index (χ2v) is 17.6. The fourth-order valence-corrected chi connectivity index (χ4v) is 10.2. The first-order valence-electron chi connectivity index (χ1n) is 22.0. The summed E-state index contributed by atoms with van der Waals surface area (Å²) in [6.07, 6.45) is 9.26. The molecule has 13 nitrogen and oxygen atoms in total. The van der Waals surface area contributed by atoms with Crippen LogP contribution in [0.1, 0.15) is 92.2 Å². The van der Waals surface area contributed by atoms with Gasteiger partial charge in [0.25, 0.3) is 5.91 Å². The Morgan fingerprint density at radius 1 is 0.918 bits per heavy atom. The molecule has 0 unspecified atom stereocenters. The number of nitrogens with one attached hydrogen (secondary N) is 2. The second-order valence-electron chi connectivity index (χ2n) is 17.6. The van der Waals surface area contributed by atoms with Gasteiger partial charge in [0.15, 0.2) is 0 Å². The Morgan fingerprint density at radius 2 is 1.72 bits per heavy atom. The number of nitrogens with zero attached hydrogens (tertiary/aromatic N) is 6. The average molecular weight is 823 g/mol. The number of aryl methyl sites for hydroxylation is 1. The Hall–Kier alpha value is -6.00. The maximum Gasteiger partial charge on any atom is 0.251 e. The molecular weight excluding hydrogens is 769 g/mol. The number of hydrogen-bond acceptors (Lipinski definition) is 10. The van der Waals surface area contributed by atoms with Crippen molar-refractivity contribution in [3.8, 4) is 17.6 Å². The van der Waals surface area contributed by atoms with Crippen LogP contribution in [-0.4, -0.2) is 88.4 Å². The summed E-state index contributed by atoms with van der Waals surface area (Å²) in [4.78, 5) is 47.2. The van der Waals surface area contributed by atoms with Crippen LogP contribution in [0.4, 0.5) is 5.69 Å². The standard InChI is InChI=1S/C48H54N8O5/c1-30-25-31(27-55-23-20-32(28-55)29-60-42-7-3-5-39-45(53-54(2)46(39)42)40-17-19-43(57)52-48(40)59)21-24-56(30)36-13-8-33(9-14-36)47(58)51-35-11-15-37(16-12-35)61-41-18-10-34(26-49)44-38(41)6-4-22-50-44/h3-10,13-14,18,22,30-32,35,37,40H,11-12,15-17,19-21,23-25,27-29H2,1-2H3,(H,51,58)(H,52,57,59)/t30-,31+,32-,35?,37?,40-/m1/s1. The van der Waals surface area contributed by atoms with Crippen LogP contribution >= 0.6 is 0 Å². The van der Waals surface area contributed by atoms with Crippen molar-refractivity contribution in [3.05, 3.63) is 89.7 Å². The molecule has 2 aromatic heterocycles. The van der Waals surface area contributed by atoms with Crippen LogP contribution in [0.25, 0.3) is 21.8 Å². The van der Waals surface area contributed by atoms with Crippen LogP contribution in [0.15, 0.2) is 72.9 Å². The molecule has 4 atom stereocenters. The van der Waals surface area contributed by atoms with Gasteiger partial charge >= 0.3 is 0 Å². The maximum atomic E-state index is 13.3. The van der Waals surface area contributed by atoms with Gasteiger partial charge in [-0.25, -0.2) is 0 Å². The lowest BCUT2D eigenvalue weighted by atomic mass is 9.90. The number of anilines is 1. The van der Waals surface area contributed by atoms with Crippen LogP contribution in [0, 0.1) is 23.2 Å². The molecule has 0 radical (unpaired) electrons. The zero-order chi connectivity index (χ0) is 42.0. The van der Waals surface area contributed by atoms with Gasteiger partial charge in [-0.05, 0) is 125 Å². The molecule has 0 spiro atoms. The summed E-state index contributed by atoms with van der Waals surface area (Å²) in [5, 5.41) is 21.7. The van der Waals surface area contributed by atoms with Crippen LogP contribution in [0.3, 0.4) is 0 Å². The first-order chi connectivity index (χ1) is 29.7. The number of amides is 3. The Kier molecular flexibility index (Phi) is 11.6. The fourth-order valence-electron chi connectivity index (χ4n) is 10.2. The molecule has 9 rings (SSSR count). The molecule has 4 fully saturated rings. The smallest absolute Gasteiger partial charge is 0.251 e. The third-order valence-electron chi connectivity index (χ3n) is 13.4. The second kappa shape index (κ2) is 17.5. The SMILES string of the molecule is C[C@@H]1C[C@@H](CN2CC[C@@H](COc3cccc4c([C@H]5CCC(=O)NC5=O)nn(C)c34)C2)CCN1c1ccc(C(=O)NC2CCC(Oc3ccc(C#N)c4ncccc34)CC2)cc1. The first kappa shape index (κ1) is 40.4. The van der Waals surface area contributed by atoms with Crippen molar-refractivity contribution in [1.82, 2.24) is 30.3 Å². The van der Waals surface area contributed by atoms with Crippen molar-refractivity contribution >= 4 is 45.2 Å². The van der Waals surface area contributed by atoms with Crippen molar-refractivity contribution in [1.29, 1.82) is 5.26 Å². The Labute approximate surface area is 356 Å². The molecule has 0 bridgehead atoms. The normalized spacial score (nSPS) is 24.7. The predicted molar refractivity (Wildman–Crippen MR) is 232 cm³/mol. The van der Waals surface area contributed by atoms with Crippen LogP contribution in [0.2, 0.25) is 0 Å². The quantitative estimate of drug-likeness (QED) is 0.139. The number of benzene rings is 3. The van der Waals surface area contributed by atoms with Crippen LogP contribution in [0.5, 0.6) is 11.5 Å². The minimum Gasteiger partial charge on any atom is -0.491 e. The summed E-state index contributed by atoms with van der Waals surface area (Å²) in [5.74, 6) is 1.61. The number of likely N-dealkylation sites (tertiary alicyclic amines) is 1. The number of fused-ring (bicyclic) bond motifs is 2. The highest BCUT2D eigenvalue weighted by Gasteiger charge is 2.34. The fraction of sp³-hybridized carbons (Fsp3) is 0.458. The molecule has 4 aliphatic rings. The molecule has 61 heavy (non-hydrogen) atoms. The number of piperidine rings is 2. The third-order valence-corrected chi connectivity index (χ3v) is 13.4. The van der Waals surface area contributed by atoms with Crippen molar-refractivity contribution in [2.45, 2.75) is 88.8 Å². The molecule has 13 heteroatoms. The highest BCUT2D eigenvalue weighted by Crippen LogP contribution is 2.36. The molecule has 5 heterocycles. The van der Waals surface area contributed by atoms with E-state index >= 15 is 0 Å². The van der Waals surface area contributed by atoms with E-state index in [2.05, 4.69) is 50.5 Å². The molecule has 3 aliphatic heterocycles. The van der Waals surface area contributed by atoms with E-state index in [1.807, 2.05) is 55.6 Å². The summed E-state index contributed by atoms with van der Waals surface area (Å²) >= 11 is 0. The molecule has 1 saturated carbocycles. The van der Waals surface area contributed by atoms with E-state index in [9.17, 15) is 19.6 Å². The molecule has 2 N–H and O–H groups in total. The summed E-state index contributed by atoms with van der Waals surface area (Å²) in [6, 6.07) is 24.2. The van der Waals surface area contributed by atoms with Crippen molar-refractivity contribution < 1.29 is 23.9 Å². The van der Waals surface area contributed by atoms with Gasteiger partial charge in [0, 0.05) is 79.3 Å². The van der Waals surface area contributed by atoms with E-state index in [1.165, 1.54) is 0 Å². The molecule has 316 valence electrons. The lowest BCUT2D eigenvalue weighted by Gasteiger charge is -2.40. The molecule has 3 saturated heterocycles. The van der Waals surface area contributed by atoms with E-state index < -0.39 is 5.92 Å². The van der Waals surface area contributed by atoms with Crippen LogP contribution in [-0.2, 0) is 16.6 Å². The summed E-state index contributed by atoms with van der Waals surface area (Å²) < 4.78 is 14.7. The van der Waals surface area contributed by atoms with E-state index in [4.69, 9.17) is 14.6 Å². The van der Waals surface area contributed by atoms with Gasteiger partial charge in [0.05, 0.1) is 35.4 Å². The minimum absolute atomic E-state index is 0.0332. The predicted octanol–water partition coefficient (Wildman–Crippen LogP) is 6.64.